The molecule has 2 aliphatic rings. The summed E-state index contributed by atoms with van der Waals surface area (Å²) in [5, 5.41) is 2.83. The van der Waals surface area contributed by atoms with E-state index < -0.39 is 15.9 Å². The van der Waals surface area contributed by atoms with Gasteiger partial charge in [0, 0.05) is 19.2 Å². The first kappa shape index (κ1) is 18.3. The van der Waals surface area contributed by atoms with Gasteiger partial charge in [0.15, 0.2) is 5.75 Å². The second-order valence-corrected chi connectivity index (χ2v) is 9.11. The maximum atomic E-state index is 13.0. The van der Waals surface area contributed by atoms with E-state index in [2.05, 4.69) is 5.32 Å². The number of rotatable bonds is 2. The average molecular weight is 407 g/mol. The molecule has 0 bridgehead atoms. The van der Waals surface area contributed by atoms with Gasteiger partial charge in [-0.25, -0.2) is 8.42 Å². The summed E-state index contributed by atoms with van der Waals surface area (Å²) in [4.78, 5) is 12.6. The van der Waals surface area contributed by atoms with E-state index in [0.717, 1.165) is 24.8 Å². The molecule has 0 saturated carbocycles. The molecule has 0 spiro atoms. The summed E-state index contributed by atoms with van der Waals surface area (Å²) in [5.74, 6) is 0.286. The molecule has 4 rings (SSSR count). The topological polar surface area (TPSA) is 75.7 Å². The largest absolute Gasteiger partial charge is 0.454 e. The molecule has 2 aromatic rings. The van der Waals surface area contributed by atoms with Crippen molar-refractivity contribution in [2.75, 3.05) is 18.4 Å². The van der Waals surface area contributed by atoms with Crippen LogP contribution >= 0.6 is 11.6 Å². The summed E-state index contributed by atoms with van der Waals surface area (Å²) in [6.45, 7) is 2.83. The SMILES string of the molecule is Cc1ccc2c(c1)NC(=O)c1cc(S(=O)(=O)N3CCCCC3)c(Cl)cc1O2. The van der Waals surface area contributed by atoms with Crippen molar-refractivity contribution >= 4 is 33.2 Å². The quantitative estimate of drug-likeness (QED) is 0.811. The minimum absolute atomic E-state index is 0.0442. The lowest BCUT2D eigenvalue weighted by molar-refractivity contribution is 0.102. The number of ether oxygens (including phenoxy) is 1. The van der Waals surface area contributed by atoms with Crippen LogP contribution in [0.5, 0.6) is 11.5 Å². The number of nitrogens with zero attached hydrogens (tertiary/aromatic N) is 1. The molecule has 1 amide bonds. The van der Waals surface area contributed by atoms with Crippen molar-refractivity contribution in [2.24, 2.45) is 0 Å². The molecule has 0 unspecified atom stereocenters. The molecule has 0 aromatic heterocycles. The lowest BCUT2D eigenvalue weighted by atomic mass is 10.2. The van der Waals surface area contributed by atoms with Crippen LogP contribution in [-0.2, 0) is 10.0 Å². The molecule has 1 N–H and O–H groups in total. The van der Waals surface area contributed by atoms with Gasteiger partial charge >= 0.3 is 0 Å². The Morgan fingerprint density at radius 3 is 2.56 bits per heavy atom. The highest BCUT2D eigenvalue weighted by molar-refractivity contribution is 7.89. The van der Waals surface area contributed by atoms with Crippen LogP contribution in [0.25, 0.3) is 0 Å². The molecule has 27 heavy (non-hydrogen) atoms. The van der Waals surface area contributed by atoms with Crippen LogP contribution in [0.4, 0.5) is 5.69 Å². The summed E-state index contributed by atoms with van der Waals surface area (Å²) in [6.07, 6.45) is 2.65. The van der Waals surface area contributed by atoms with Gasteiger partial charge in [0.25, 0.3) is 5.91 Å². The van der Waals surface area contributed by atoms with E-state index in [1.54, 1.807) is 12.1 Å². The Bertz CT molecular complexity index is 1030. The Morgan fingerprint density at radius 2 is 1.81 bits per heavy atom. The Morgan fingerprint density at radius 1 is 1.07 bits per heavy atom. The molecule has 6 nitrogen and oxygen atoms in total. The number of amides is 1. The average Bonchev–Trinajstić information content (AvgIpc) is 2.77. The minimum Gasteiger partial charge on any atom is -0.454 e. The van der Waals surface area contributed by atoms with Crippen LogP contribution in [-0.4, -0.2) is 31.7 Å². The molecule has 8 heteroatoms. The molecule has 142 valence electrons. The summed E-state index contributed by atoms with van der Waals surface area (Å²) < 4.78 is 33.3. The van der Waals surface area contributed by atoms with Crippen LogP contribution in [0.1, 0.15) is 35.2 Å². The third kappa shape index (κ3) is 3.31. The first-order chi connectivity index (χ1) is 12.9. The lowest BCUT2D eigenvalue weighted by Crippen LogP contribution is -2.35. The molecule has 1 saturated heterocycles. The van der Waals surface area contributed by atoms with E-state index in [1.165, 1.54) is 16.4 Å². The number of carbonyl (C=O) groups excluding carboxylic acids is 1. The van der Waals surface area contributed by atoms with Crippen molar-refractivity contribution < 1.29 is 17.9 Å². The van der Waals surface area contributed by atoms with Gasteiger partial charge in [0.2, 0.25) is 10.0 Å². The fraction of sp³-hybridized carbons (Fsp3) is 0.316. The van der Waals surface area contributed by atoms with E-state index >= 15 is 0 Å². The number of sulfonamides is 1. The van der Waals surface area contributed by atoms with Gasteiger partial charge in [-0.3, -0.25) is 4.79 Å². The number of halogens is 1. The second kappa shape index (κ2) is 6.82. The number of fused-ring (bicyclic) bond motifs is 2. The molecular formula is C19H19ClN2O4S. The molecular weight excluding hydrogens is 388 g/mol. The number of benzene rings is 2. The standard InChI is InChI=1S/C19H19ClN2O4S/c1-12-5-6-16-15(9-12)21-19(23)13-10-18(14(20)11-17(13)26-16)27(24,25)22-7-3-2-4-8-22/h5-6,9-11H,2-4,7-8H2,1H3,(H,21,23). The molecule has 0 aliphatic carbocycles. The highest BCUT2D eigenvalue weighted by Gasteiger charge is 2.31. The van der Waals surface area contributed by atoms with Gasteiger partial charge in [0.1, 0.15) is 10.6 Å². The zero-order valence-electron chi connectivity index (χ0n) is 14.8. The van der Waals surface area contributed by atoms with Crippen molar-refractivity contribution in [1.29, 1.82) is 0 Å². The van der Waals surface area contributed by atoms with Gasteiger partial charge in [-0.1, -0.05) is 24.1 Å². The van der Waals surface area contributed by atoms with Crippen molar-refractivity contribution in [3.05, 3.63) is 46.5 Å². The lowest BCUT2D eigenvalue weighted by Gasteiger charge is -2.26. The number of aryl methyl sites for hydroxylation is 1. The van der Waals surface area contributed by atoms with Crippen LogP contribution < -0.4 is 10.1 Å². The number of hydrogen-bond donors (Lipinski definition) is 1. The normalized spacial score (nSPS) is 17.3. The molecule has 0 atom stereocenters. The predicted molar refractivity (Wildman–Crippen MR) is 103 cm³/mol. The Labute approximate surface area is 163 Å². The first-order valence-corrected chi connectivity index (χ1v) is 10.6. The smallest absolute Gasteiger partial charge is 0.259 e. The molecule has 2 aliphatic heterocycles. The zero-order chi connectivity index (χ0) is 19.2. The van der Waals surface area contributed by atoms with E-state index in [9.17, 15) is 13.2 Å². The van der Waals surface area contributed by atoms with Gasteiger partial charge < -0.3 is 10.1 Å². The summed E-state index contributed by atoms with van der Waals surface area (Å²) in [6, 6.07) is 8.14. The molecule has 0 radical (unpaired) electrons. The van der Waals surface area contributed by atoms with Crippen molar-refractivity contribution in [3.63, 3.8) is 0 Å². The highest BCUT2D eigenvalue weighted by atomic mass is 35.5. The Kier molecular flexibility index (Phi) is 4.61. The van der Waals surface area contributed by atoms with Gasteiger partial charge in [0.05, 0.1) is 16.3 Å². The zero-order valence-corrected chi connectivity index (χ0v) is 16.4. The molecule has 1 fully saturated rings. The second-order valence-electron chi connectivity index (χ2n) is 6.80. The van der Waals surface area contributed by atoms with E-state index in [4.69, 9.17) is 16.3 Å². The first-order valence-electron chi connectivity index (χ1n) is 8.80. The highest BCUT2D eigenvalue weighted by Crippen LogP contribution is 2.40. The van der Waals surface area contributed by atoms with Crippen molar-refractivity contribution in [2.45, 2.75) is 31.1 Å². The van der Waals surface area contributed by atoms with E-state index in [-0.39, 0.29) is 21.2 Å². The summed E-state index contributed by atoms with van der Waals surface area (Å²) in [5.41, 5.74) is 1.65. The number of piperidine rings is 1. The Balaban J connectivity index is 1.79. The van der Waals surface area contributed by atoms with Crippen LogP contribution in [0.2, 0.25) is 5.02 Å². The monoisotopic (exact) mass is 406 g/mol. The minimum atomic E-state index is -3.77. The van der Waals surface area contributed by atoms with Gasteiger partial charge in [-0.15, -0.1) is 0 Å². The van der Waals surface area contributed by atoms with E-state index in [1.807, 2.05) is 13.0 Å². The van der Waals surface area contributed by atoms with Crippen LogP contribution in [0.15, 0.2) is 35.2 Å². The fourth-order valence-corrected chi connectivity index (χ4v) is 5.41. The number of anilines is 1. The predicted octanol–water partition coefficient (Wildman–Crippen LogP) is 4.18. The maximum Gasteiger partial charge on any atom is 0.259 e. The molecule has 2 aromatic carbocycles. The van der Waals surface area contributed by atoms with Crippen molar-refractivity contribution in [1.82, 2.24) is 4.31 Å². The fourth-order valence-electron chi connectivity index (χ4n) is 3.38. The number of carbonyl (C=O) groups is 1. The third-order valence-corrected chi connectivity index (χ3v) is 7.18. The van der Waals surface area contributed by atoms with Crippen molar-refractivity contribution in [3.8, 4) is 11.5 Å². The summed E-state index contributed by atoms with van der Waals surface area (Å²) in [7, 11) is -3.77. The van der Waals surface area contributed by atoms with E-state index in [0.29, 0.717) is 24.5 Å². The molecule has 2 heterocycles. The van der Waals surface area contributed by atoms with Gasteiger partial charge in [-0.2, -0.15) is 4.31 Å². The van der Waals surface area contributed by atoms with Crippen LogP contribution in [0, 0.1) is 6.92 Å². The van der Waals surface area contributed by atoms with Crippen LogP contribution in [0.3, 0.4) is 0 Å². The summed E-state index contributed by atoms with van der Waals surface area (Å²) >= 11 is 6.30. The van der Waals surface area contributed by atoms with Gasteiger partial charge in [-0.05, 0) is 43.5 Å². The number of nitrogens with one attached hydrogen (secondary N) is 1. The third-order valence-electron chi connectivity index (χ3n) is 4.81. The number of hydrogen-bond acceptors (Lipinski definition) is 4. The Hall–Kier alpha value is -2.09. The maximum absolute atomic E-state index is 13.0.